The Bertz CT molecular complexity index is 937. The minimum Gasteiger partial charge on any atom is -0.340 e. The van der Waals surface area contributed by atoms with Crippen LogP contribution < -0.4 is 5.32 Å². The second-order valence-electron chi connectivity index (χ2n) is 9.10. The minimum atomic E-state index is -0.548. The zero-order valence-electron chi connectivity index (χ0n) is 19.2. The van der Waals surface area contributed by atoms with E-state index in [4.69, 9.17) is 0 Å². The van der Waals surface area contributed by atoms with Gasteiger partial charge in [-0.3, -0.25) is 14.4 Å². The molecule has 0 aliphatic carbocycles. The zero-order chi connectivity index (χ0) is 23.4. The van der Waals surface area contributed by atoms with Gasteiger partial charge in [0.05, 0.1) is 15.8 Å². The third-order valence-corrected chi connectivity index (χ3v) is 7.92. The molecule has 2 aliphatic heterocycles. The van der Waals surface area contributed by atoms with Gasteiger partial charge in [0.2, 0.25) is 5.91 Å². The van der Waals surface area contributed by atoms with Gasteiger partial charge in [0, 0.05) is 32.7 Å². The van der Waals surface area contributed by atoms with Crippen LogP contribution in [0.1, 0.15) is 46.0 Å². The molecule has 2 aliphatic rings. The van der Waals surface area contributed by atoms with Crippen molar-refractivity contribution in [3.05, 3.63) is 44.8 Å². The highest BCUT2D eigenvalue weighted by Gasteiger charge is 2.45. The molecule has 178 valence electrons. The fourth-order valence-electron chi connectivity index (χ4n) is 4.65. The first-order valence-electron chi connectivity index (χ1n) is 11.6. The number of hydrogen-bond donors (Lipinski definition) is 1. The average Bonchev–Trinajstić information content (AvgIpc) is 3.55. The Kier molecular flexibility index (Phi) is 7.82. The maximum absolute atomic E-state index is 13.6. The third kappa shape index (κ3) is 5.47. The van der Waals surface area contributed by atoms with E-state index >= 15 is 0 Å². The monoisotopic (exact) mass is 488 g/mol. The molecule has 0 spiro atoms. The number of thiophene rings is 2. The zero-order valence-corrected chi connectivity index (χ0v) is 20.9. The fourth-order valence-corrected chi connectivity index (χ4v) is 6.01. The Hall–Kier alpha value is -2.23. The molecule has 0 saturated carbocycles. The predicted molar refractivity (Wildman–Crippen MR) is 132 cm³/mol. The van der Waals surface area contributed by atoms with E-state index in [1.807, 2.05) is 38.8 Å². The quantitative estimate of drug-likeness (QED) is 0.679. The van der Waals surface area contributed by atoms with Gasteiger partial charge in [-0.2, -0.15) is 0 Å². The highest BCUT2D eigenvalue weighted by Crippen LogP contribution is 2.29. The number of hydrogen-bond acceptors (Lipinski definition) is 6. The molecule has 0 radical (unpaired) electrons. The van der Waals surface area contributed by atoms with Gasteiger partial charge in [-0.15, -0.1) is 22.7 Å². The van der Waals surface area contributed by atoms with Crippen molar-refractivity contribution < 1.29 is 14.4 Å². The summed E-state index contributed by atoms with van der Waals surface area (Å²) in [7, 11) is 0. The Morgan fingerprint density at radius 1 is 1.09 bits per heavy atom. The van der Waals surface area contributed by atoms with Crippen LogP contribution in [-0.4, -0.2) is 83.8 Å². The summed E-state index contributed by atoms with van der Waals surface area (Å²) in [6.45, 7) is 8.14. The van der Waals surface area contributed by atoms with E-state index in [-0.39, 0.29) is 29.7 Å². The summed E-state index contributed by atoms with van der Waals surface area (Å²) >= 11 is 2.82. The van der Waals surface area contributed by atoms with Gasteiger partial charge in [-0.25, -0.2) is 0 Å². The number of rotatable bonds is 6. The Balaban J connectivity index is 1.61. The van der Waals surface area contributed by atoms with Crippen molar-refractivity contribution in [1.82, 2.24) is 20.0 Å². The van der Waals surface area contributed by atoms with E-state index in [1.54, 1.807) is 11.0 Å². The van der Waals surface area contributed by atoms with Crippen LogP contribution in [-0.2, 0) is 4.79 Å². The smallest absolute Gasteiger partial charge is 0.264 e. The van der Waals surface area contributed by atoms with Crippen LogP contribution in [0.3, 0.4) is 0 Å². The maximum Gasteiger partial charge on any atom is 0.264 e. The number of carbonyl (C=O) groups excluding carboxylic acids is 3. The van der Waals surface area contributed by atoms with Crippen molar-refractivity contribution in [2.45, 2.75) is 38.8 Å². The van der Waals surface area contributed by atoms with Crippen molar-refractivity contribution in [2.75, 3.05) is 39.3 Å². The molecule has 2 atom stereocenters. The van der Waals surface area contributed by atoms with Crippen molar-refractivity contribution in [1.29, 1.82) is 0 Å². The van der Waals surface area contributed by atoms with Crippen LogP contribution in [0.15, 0.2) is 35.0 Å². The van der Waals surface area contributed by atoms with Crippen LogP contribution in [0.4, 0.5) is 0 Å². The summed E-state index contributed by atoms with van der Waals surface area (Å²) in [5, 5.41) is 7.12. The molecule has 2 aromatic heterocycles. The number of likely N-dealkylation sites (tertiary alicyclic amines) is 1. The van der Waals surface area contributed by atoms with E-state index in [9.17, 15) is 14.4 Å². The van der Waals surface area contributed by atoms with E-state index in [1.165, 1.54) is 22.7 Å². The number of nitrogens with one attached hydrogen (secondary N) is 1. The number of nitrogens with zero attached hydrogens (tertiary/aromatic N) is 3. The second kappa shape index (κ2) is 10.8. The van der Waals surface area contributed by atoms with Crippen molar-refractivity contribution in [3.63, 3.8) is 0 Å². The van der Waals surface area contributed by atoms with E-state index in [0.29, 0.717) is 42.4 Å². The number of carbonyl (C=O) groups is 3. The average molecular weight is 489 g/mol. The summed E-state index contributed by atoms with van der Waals surface area (Å²) in [6, 6.07) is 6.65. The minimum absolute atomic E-state index is 0.000763. The van der Waals surface area contributed by atoms with E-state index in [0.717, 1.165) is 19.5 Å². The van der Waals surface area contributed by atoms with E-state index in [2.05, 4.69) is 19.2 Å². The number of amides is 3. The predicted octanol–water partition coefficient (Wildman–Crippen LogP) is 3.01. The second-order valence-corrected chi connectivity index (χ2v) is 11.0. The maximum atomic E-state index is 13.6. The van der Waals surface area contributed by atoms with Crippen LogP contribution in [0.2, 0.25) is 0 Å². The Morgan fingerprint density at radius 2 is 1.82 bits per heavy atom. The molecule has 7 nitrogen and oxygen atoms in total. The molecule has 2 aromatic rings. The summed E-state index contributed by atoms with van der Waals surface area (Å²) in [5.74, 6) is 0.145. The van der Waals surface area contributed by atoms with Crippen molar-refractivity contribution >= 4 is 40.4 Å². The Labute approximate surface area is 203 Å². The first kappa shape index (κ1) is 23.9. The first-order chi connectivity index (χ1) is 16.0. The van der Waals surface area contributed by atoms with Gasteiger partial charge in [0.25, 0.3) is 11.8 Å². The third-order valence-electron chi connectivity index (χ3n) is 6.20. The molecular weight excluding hydrogens is 456 g/mol. The van der Waals surface area contributed by atoms with E-state index < -0.39 is 6.04 Å². The first-order valence-corrected chi connectivity index (χ1v) is 13.4. The SMILES string of the molecule is CC(C)CN(C(=O)c1cccs1)C1CC(C(=O)N2CCCNCC2)N(C(=O)c2cccs2)C1. The molecule has 1 N–H and O–H groups in total. The van der Waals surface area contributed by atoms with Crippen molar-refractivity contribution in [3.8, 4) is 0 Å². The largest absolute Gasteiger partial charge is 0.340 e. The van der Waals surface area contributed by atoms with Crippen LogP contribution >= 0.6 is 22.7 Å². The summed E-state index contributed by atoms with van der Waals surface area (Å²) in [5.41, 5.74) is 0. The fraction of sp³-hybridized carbons (Fsp3) is 0.542. The molecule has 4 heterocycles. The van der Waals surface area contributed by atoms with Gasteiger partial charge in [-0.1, -0.05) is 26.0 Å². The summed E-state index contributed by atoms with van der Waals surface area (Å²) in [4.78, 5) is 47.3. The molecule has 2 unspecified atom stereocenters. The molecule has 0 aromatic carbocycles. The van der Waals surface area contributed by atoms with Crippen molar-refractivity contribution in [2.24, 2.45) is 5.92 Å². The van der Waals surface area contributed by atoms with Gasteiger partial charge >= 0.3 is 0 Å². The van der Waals surface area contributed by atoms with Gasteiger partial charge in [0.1, 0.15) is 6.04 Å². The summed E-state index contributed by atoms with van der Waals surface area (Å²) < 4.78 is 0. The lowest BCUT2D eigenvalue weighted by Crippen LogP contribution is -2.48. The molecule has 0 bridgehead atoms. The molecule has 2 saturated heterocycles. The molecule has 9 heteroatoms. The van der Waals surface area contributed by atoms with Crippen LogP contribution in [0.5, 0.6) is 0 Å². The van der Waals surface area contributed by atoms with Crippen LogP contribution in [0.25, 0.3) is 0 Å². The topological polar surface area (TPSA) is 73.0 Å². The van der Waals surface area contributed by atoms with Gasteiger partial charge in [0.15, 0.2) is 0 Å². The van der Waals surface area contributed by atoms with Gasteiger partial charge < -0.3 is 20.0 Å². The lowest BCUT2D eigenvalue weighted by Gasteiger charge is -2.30. The lowest BCUT2D eigenvalue weighted by atomic mass is 10.1. The molecule has 3 amide bonds. The molecule has 4 rings (SSSR count). The molecular formula is C24H32N4O3S2. The molecule has 33 heavy (non-hydrogen) atoms. The normalized spacial score (nSPS) is 21.3. The molecule has 2 fully saturated rings. The Morgan fingerprint density at radius 3 is 2.48 bits per heavy atom. The van der Waals surface area contributed by atoms with Crippen LogP contribution in [0, 0.1) is 5.92 Å². The van der Waals surface area contributed by atoms with Gasteiger partial charge in [-0.05, 0) is 48.2 Å². The highest BCUT2D eigenvalue weighted by atomic mass is 32.1. The highest BCUT2D eigenvalue weighted by molar-refractivity contribution is 7.12. The standard InChI is InChI=1S/C24H32N4O3S2/c1-17(2)15-27(23(30)20-6-3-12-32-20)18-14-19(22(29)26-10-5-8-25-9-11-26)28(16-18)24(31)21-7-4-13-33-21/h3-4,6-7,12-13,17-19,25H,5,8-11,14-16H2,1-2H3. The lowest BCUT2D eigenvalue weighted by molar-refractivity contribution is -0.135. The summed E-state index contributed by atoms with van der Waals surface area (Å²) in [6.07, 6.45) is 1.38.